The zero-order valence-electron chi connectivity index (χ0n) is 12.6. The topological polar surface area (TPSA) is 76.9 Å². The smallest absolute Gasteiger partial charge is 0.154 e. The third kappa shape index (κ3) is 2.84. The van der Waals surface area contributed by atoms with E-state index >= 15 is 0 Å². The second-order valence-electron chi connectivity index (χ2n) is 5.50. The molecule has 1 aromatic heterocycles. The molecule has 1 N–H and O–H groups in total. The highest BCUT2D eigenvalue weighted by Crippen LogP contribution is 2.32. The number of nitrogens with one attached hydrogen (secondary N) is 1. The van der Waals surface area contributed by atoms with Crippen molar-refractivity contribution in [2.45, 2.75) is 24.6 Å². The summed E-state index contributed by atoms with van der Waals surface area (Å²) < 4.78 is 24.9. The van der Waals surface area contributed by atoms with E-state index in [1.54, 1.807) is 31.8 Å². The molecule has 6 nitrogen and oxygen atoms in total. The average Bonchev–Trinajstić information content (AvgIpc) is 2.88. The molecule has 2 aromatic rings. The lowest BCUT2D eigenvalue weighted by atomic mass is 10.0. The monoisotopic (exact) mass is 308 g/mol. The van der Waals surface area contributed by atoms with Gasteiger partial charge >= 0.3 is 0 Å². The minimum absolute atomic E-state index is 0.428. The Morgan fingerprint density at radius 3 is 2.38 bits per heavy atom. The summed E-state index contributed by atoms with van der Waals surface area (Å²) in [6.45, 7) is 3.40. The van der Waals surface area contributed by atoms with Crippen LogP contribution in [0.25, 0.3) is 5.69 Å². The van der Waals surface area contributed by atoms with Crippen molar-refractivity contribution in [3.63, 3.8) is 0 Å². The summed E-state index contributed by atoms with van der Waals surface area (Å²) in [5.41, 5.74) is 1.55. The highest BCUT2D eigenvalue weighted by Gasteiger charge is 2.41. The normalized spacial score (nSPS) is 14.1. The van der Waals surface area contributed by atoms with Gasteiger partial charge < -0.3 is 5.32 Å². The third-order valence-electron chi connectivity index (χ3n) is 3.81. The molecule has 0 spiro atoms. The molecule has 1 aromatic carbocycles. The van der Waals surface area contributed by atoms with E-state index in [1.165, 1.54) is 6.26 Å². The standard InChI is InChI=1S/C14H20N4O2S/c1-14(2,21(4,19)20)13(15-3)12-10-16-17-18(12)11-8-6-5-7-9-11/h5-10,13,15H,1-4H3. The molecule has 1 heterocycles. The first-order valence-electron chi connectivity index (χ1n) is 6.62. The largest absolute Gasteiger partial charge is 0.310 e. The van der Waals surface area contributed by atoms with Gasteiger partial charge in [0.2, 0.25) is 0 Å². The highest BCUT2D eigenvalue weighted by atomic mass is 32.2. The van der Waals surface area contributed by atoms with E-state index in [4.69, 9.17) is 0 Å². The van der Waals surface area contributed by atoms with Gasteiger partial charge in [-0.15, -0.1) is 5.10 Å². The van der Waals surface area contributed by atoms with E-state index in [0.29, 0.717) is 5.69 Å². The fourth-order valence-corrected chi connectivity index (χ4v) is 2.94. The second-order valence-corrected chi connectivity index (χ2v) is 8.10. The molecule has 114 valence electrons. The van der Waals surface area contributed by atoms with E-state index in [1.807, 2.05) is 30.3 Å². The lowest BCUT2D eigenvalue weighted by Gasteiger charge is -2.32. The van der Waals surface area contributed by atoms with Crippen LogP contribution >= 0.6 is 0 Å². The van der Waals surface area contributed by atoms with Crippen LogP contribution in [0.4, 0.5) is 0 Å². The van der Waals surface area contributed by atoms with Gasteiger partial charge in [-0.3, -0.25) is 0 Å². The van der Waals surface area contributed by atoms with Gasteiger partial charge in [0.25, 0.3) is 0 Å². The van der Waals surface area contributed by atoms with Crippen LogP contribution in [0.15, 0.2) is 36.5 Å². The summed E-state index contributed by atoms with van der Waals surface area (Å²) in [5.74, 6) is 0. The molecule has 7 heteroatoms. The third-order valence-corrected chi connectivity index (χ3v) is 5.96. The quantitative estimate of drug-likeness (QED) is 0.902. The Balaban J connectivity index is 2.54. The van der Waals surface area contributed by atoms with Gasteiger partial charge in [0.1, 0.15) is 0 Å². The van der Waals surface area contributed by atoms with Gasteiger partial charge in [0, 0.05) is 6.26 Å². The number of para-hydroxylation sites is 1. The number of rotatable bonds is 5. The molecule has 0 amide bonds. The summed E-state index contributed by atoms with van der Waals surface area (Å²) >= 11 is 0. The van der Waals surface area contributed by atoms with E-state index in [2.05, 4.69) is 15.6 Å². The minimum atomic E-state index is -3.27. The van der Waals surface area contributed by atoms with Crippen LogP contribution < -0.4 is 5.32 Å². The van der Waals surface area contributed by atoms with E-state index in [0.717, 1.165) is 5.69 Å². The maximum atomic E-state index is 12.1. The van der Waals surface area contributed by atoms with Crippen molar-refractivity contribution < 1.29 is 8.42 Å². The van der Waals surface area contributed by atoms with Gasteiger partial charge in [-0.25, -0.2) is 13.1 Å². The van der Waals surface area contributed by atoms with Crippen LogP contribution in [-0.2, 0) is 9.84 Å². The summed E-state index contributed by atoms with van der Waals surface area (Å²) in [6, 6.07) is 9.09. The Morgan fingerprint density at radius 2 is 1.86 bits per heavy atom. The predicted octanol–water partition coefficient (Wildman–Crippen LogP) is 1.35. The number of benzene rings is 1. The summed E-state index contributed by atoms with van der Waals surface area (Å²) in [6.07, 6.45) is 2.84. The maximum Gasteiger partial charge on any atom is 0.154 e. The van der Waals surface area contributed by atoms with Crippen molar-refractivity contribution >= 4 is 9.84 Å². The first-order chi connectivity index (χ1) is 9.79. The summed E-state index contributed by atoms with van der Waals surface area (Å²) in [4.78, 5) is 0. The fourth-order valence-electron chi connectivity index (χ4n) is 2.28. The zero-order valence-corrected chi connectivity index (χ0v) is 13.4. The van der Waals surface area contributed by atoms with Crippen LogP contribution in [0.2, 0.25) is 0 Å². The number of hydrogen-bond donors (Lipinski definition) is 1. The van der Waals surface area contributed by atoms with Crippen molar-refractivity contribution in [2.24, 2.45) is 0 Å². The molecule has 0 aliphatic rings. The first-order valence-corrected chi connectivity index (χ1v) is 8.51. The number of nitrogens with zero attached hydrogens (tertiary/aromatic N) is 3. The molecule has 0 aliphatic carbocycles. The van der Waals surface area contributed by atoms with Crippen molar-refractivity contribution in [3.05, 3.63) is 42.2 Å². The lowest BCUT2D eigenvalue weighted by molar-refractivity contribution is 0.430. The minimum Gasteiger partial charge on any atom is -0.310 e. The van der Waals surface area contributed by atoms with Gasteiger partial charge in [0.05, 0.1) is 28.4 Å². The molecular weight excluding hydrogens is 288 g/mol. The van der Waals surface area contributed by atoms with Crippen LogP contribution in [0.1, 0.15) is 25.6 Å². The maximum absolute atomic E-state index is 12.1. The summed E-state index contributed by atoms with van der Waals surface area (Å²) in [7, 11) is -1.53. The SMILES string of the molecule is CNC(c1cnnn1-c1ccccc1)C(C)(C)S(C)(=O)=O. The molecule has 0 bridgehead atoms. The molecule has 0 fully saturated rings. The van der Waals surface area contributed by atoms with Crippen LogP contribution in [0.3, 0.4) is 0 Å². The van der Waals surface area contributed by atoms with Crippen molar-refractivity contribution in [2.75, 3.05) is 13.3 Å². The summed E-state index contributed by atoms with van der Waals surface area (Å²) in [5, 5.41) is 11.1. The van der Waals surface area contributed by atoms with Crippen molar-refractivity contribution in [1.29, 1.82) is 0 Å². The molecule has 1 atom stereocenters. The van der Waals surface area contributed by atoms with E-state index < -0.39 is 20.6 Å². The predicted molar refractivity (Wildman–Crippen MR) is 82.1 cm³/mol. The van der Waals surface area contributed by atoms with Gasteiger partial charge in [0.15, 0.2) is 9.84 Å². The van der Waals surface area contributed by atoms with Gasteiger partial charge in [-0.1, -0.05) is 23.4 Å². The highest BCUT2D eigenvalue weighted by molar-refractivity contribution is 7.92. The molecular formula is C14H20N4O2S. The van der Waals surface area contributed by atoms with Crippen molar-refractivity contribution in [1.82, 2.24) is 20.3 Å². The van der Waals surface area contributed by atoms with Crippen LogP contribution in [-0.4, -0.2) is 41.5 Å². The Kier molecular flexibility index (Phi) is 4.15. The van der Waals surface area contributed by atoms with Crippen molar-refractivity contribution in [3.8, 4) is 5.69 Å². The average molecular weight is 308 g/mol. The molecule has 0 aliphatic heterocycles. The van der Waals surface area contributed by atoms with Crippen LogP contribution in [0.5, 0.6) is 0 Å². The lowest BCUT2D eigenvalue weighted by Crippen LogP contribution is -2.44. The van der Waals surface area contributed by atoms with E-state index in [9.17, 15) is 8.42 Å². The zero-order chi connectivity index (χ0) is 15.7. The van der Waals surface area contributed by atoms with Crippen LogP contribution in [0, 0.1) is 0 Å². The first kappa shape index (κ1) is 15.7. The Hall–Kier alpha value is -1.73. The molecule has 0 saturated heterocycles. The van der Waals surface area contributed by atoms with E-state index in [-0.39, 0.29) is 0 Å². The fraction of sp³-hybridized carbons (Fsp3) is 0.429. The second kappa shape index (κ2) is 5.57. The van der Waals surface area contributed by atoms with Gasteiger partial charge in [-0.2, -0.15) is 0 Å². The molecule has 2 rings (SSSR count). The van der Waals surface area contributed by atoms with Gasteiger partial charge in [-0.05, 0) is 33.0 Å². The molecule has 0 saturated carbocycles. The molecule has 1 unspecified atom stereocenters. The number of aromatic nitrogens is 3. The number of sulfone groups is 1. The number of hydrogen-bond acceptors (Lipinski definition) is 5. The Bertz CT molecular complexity index is 708. The molecule has 0 radical (unpaired) electrons. The Labute approximate surface area is 125 Å². The Morgan fingerprint density at radius 1 is 1.24 bits per heavy atom. The molecule has 21 heavy (non-hydrogen) atoms.